The van der Waals surface area contributed by atoms with Gasteiger partial charge in [-0.25, -0.2) is 0 Å². The van der Waals surface area contributed by atoms with Gasteiger partial charge < -0.3 is 0 Å². The third-order valence-electron chi connectivity index (χ3n) is 1.88. The van der Waals surface area contributed by atoms with E-state index in [1.807, 2.05) is 0 Å². The quantitative estimate of drug-likeness (QED) is 0.386. The highest BCUT2D eigenvalue weighted by molar-refractivity contribution is 4.86. The maximum Gasteiger partial charge on any atom is -0.0316 e. The van der Waals surface area contributed by atoms with Gasteiger partial charge in [-0.05, 0) is 32.6 Å². The highest BCUT2D eigenvalue weighted by Crippen LogP contribution is 2.01. The Balaban J connectivity index is 3.03. The molecule has 0 saturated carbocycles. The Labute approximate surface area is 77.4 Å². The van der Waals surface area contributed by atoms with Crippen LogP contribution >= 0.6 is 0 Å². The number of hydrogen-bond acceptors (Lipinski definition) is 0. The Kier molecular flexibility index (Phi) is 10.0. The minimum Gasteiger partial charge on any atom is -0.0917 e. The Morgan fingerprint density at radius 1 is 0.833 bits per heavy atom. The van der Waals surface area contributed by atoms with E-state index in [0.29, 0.717) is 0 Å². The van der Waals surface area contributed by atoms with E-state index in [9.17, 15) is 0 Å². The summed E-state index contributed by atoms with van der Waals surface area (Å²) in [7, 11) is 0. The summed E-state index contributed by atoms with van der Waals surface area (Å²) in [6.45, 7) is 4.32. The molecule has 0 aromatic rings. The molecule has 0 saturated heterocycles. The van der Waals surface area contributed by atoms with Crippen LogP contribution in [0.25, 0.3) is 0 Å². The van der Waals surface area contributed by atoms with Gasteiger partial charge in [-0.3, -0.25) is 0 Å². The highest BCUT2D eigenvalue weighted by Gasteiger charge is 1.81. The second-order valence-corrected chi connectivity index (χ2v) is 3.11. The van der Waals surface area contributed by atoms with E-state index < -0.39 is 0 Å². The first-order valence-corrected chi connectivity index (χ1v) is 5.18. The molecule has 0 aliphatic rings. The van der Waals surface area contributed by atoms with E-state index in [0.717, 1.165) is 0 Å². The van der Waals surface area contributed by atoms with Crippen LogP contribution in [0.5, 0.6) is 0 Å². The van der Waals surface area contributed by atoms with Crippen molar-refractivity contribution in [1.29, 1.82) is 0 Å². The van der Waals surface area contributed by atoms with Crippen molar-refractivity contribution in [2.75, 3.05) is 0 Å². The molecule has 0 radical (unpaired) electrons. The first-order valence-electron chi connectivity index (χ1n) is 5.18. The zero-order valence-corrected chi connectivity index (χ0v) is 8.55. The van der Waals surface area contributed by atoms with Crippen molar-refractivity contribution in [3.8, 4) is 0 Å². The van der Waals surface area contributed by atoms with Crippen LogP contribution in [-0.2, 0) is 0 Å². The first kappa shape index (κ1) is 11.5. The van der Waals surface area contributed by atoms with Crippen LogP contribution in [0.1, 0.15) is 52.4 Å². The van der Waals surface area contributed by atoms with E-state index in [1.165, 1.54) is 38.5 Å². The molecule has 0 aromatic heterocycles. The van der Waals surface area contributed by atoms with Crippen molar-refractivity contribution in [1.82, 2.24) is 0 Å². The minimum atomic E-state index is 1.20. The van der Waals surface area contributed by atoms with Gasteiger partial charge in [0, 0.05) is 0 Å². The summed E-state index contributed by atoms with van der Waals surface area (Å²) in [5.74, 6) is 0. The number of hydrogen-bond donors (Lipinski definition) is 0. The third kappa shape index (κ3) is 9.48. The van der Waals surface area contributed by atoms with Gasteiger partial charge in [0.25, 0.3) is 0 Å². The van der Waals surface area contributed by atoms with E-state index in [1.54, 1.807) is 0 Å². The van der Waals surface area contributed by atoms with Gasteiger partial charge in [-0.1, -0.05) is 44.1 Å². The summed E-state index contributed by atoms with van der Waals surface area (Å²) in [6.07, 6.45) is 16.7. The van der Waals surface area contributed by atoms with Crippen molar-refractivity contribution < 1.29 is 0 Å². The van der Waals surface area contributed by atoms with Gasteiger partial charge in [0.15, 0.2) is 0 Å². The third-order valence-corrected chi connectivity index (χ3v) is 1.88. The molecule has 0 aromatic carbocycles. The van der Waals surface area contributed by atoms with Crippen molar-refractivity contribution in [3.63, 3.8) is 0 Å². The second-order valence-electron chi connectivity index (χ2n) is 3.11. The van der Waals surface area contributed by atoms with Gasteiger partial charge in [0.1, 0.15) is 0 Å². The van der Waals surface area contributed by atoms with Crippen LogP contribution < -0.4 is 0 Å². The maximum absolute atomic E-state index is 2.32. The Hall–Kier alpha value is -0.520. The fourth-order valence-electron chi connectivity index (χ4n) is 1.11. The predicted octanol–water partition coefficient (Wildman–Crippen LogP) is 4.48. The summed E-state index contributed by atoms with van der Waals surface area (Å²) in [5.41, 5.74) is 0. The van der Waals surface area contributed by atoms with Crippen LogP contribution in [0.4, 0.5) is 0 Å². The lowest BCUT2D eigenvalue weighted by atomic mass is 10.2. The molecule has 0 fully saturated rings. The Morgan fingerprint density at radius 2 is 1.50 bits per heavy atom. The molecule has 12 heavy (non-hydrogen) atoms. The van der Waals surface area contributed by atoms with Gasteiger partial charge in [0.2, 0.25) is 0 Å². The van der Waals surface area contributed by atoms with Gasteiger partial charge in [0.05, 0.1) is 0 Å². The molecular weight excluding hydrogens is 144 g/mol. The normalized spacial score (nSPS) is 11.8. The summed E-state index contributed by atoms with van der Waals surface area (Å²) in [6, 6.07) is 0. The van der Waals surface area contributed by atoms with Crippen molar-refractivity contribution >= 4 is 0 Å². The van der Waals surface area contributed by atoms with Gasteiger partial charge >= 0.3 is 0 Å². The molecule has 0 bridgehead atoms. The summed E-state index contributed by atoms with van der Waals surface area (Å²) < 4.78 is 0. The fraction of sp³-hybridized carbons (Fsp3) is 0.667. The SMILES string of the molecule is C/C=C\CC/C=C/CCCCC. The molecule has 0 nitrogen and oxygen atoms in total. The number of unbranched alkanes of at least 4 members (excludes halogenated alkanes) is 4. The standard InChI is InChI=1S/C12H22/c1-3-5-7-9-11-12-10-8-6-4-2/h3,5,11-12H,4,6-10H2,1-2H3/b5-3-,12-11+. The summed E-state index contributed by atoms with van der Waals surface area (Å²) in [4.78, 5) is 0. The van der Waals surface area contributed by atoms with Crippen LogP contribution in [0.2, 0.25) is 0 Å². The predicted molar refractivity (Wildman–Crippen MR) is 57.3 cm³/mol. The number of rotatable bonds is 7. The molecule has 0 unspecified atom stereocenters. The van der Waals surface area contributed by atoms with Gasteiger partial charge in [-0.2, -0.15) is 0 Å². The first-order chi connectivity index (χ1) is 5.91. The maximum atomic E-state index is 2.32. The van der Waals surface area contributed by atoms with Crippen molar-refractivity contribution in [2.24, 2.45) is 0 Å². The zero-order valence-electron chi connectivity index (χ0n) is 8.55. The average Bonchev–Trinajstić information content (AvgIpc) is 2.10. The topological polar surface area (TPSA) is 0 Å². The van der Waals surface area contributed by atoms with E-state index in [2.05, 4.69) is 38.2 Å². The summed E-state index contributed by atoms with van der Waals surface area (Å²) in [5, 5.41) is 0. The monoisotopic (exact) mass is 166 g/mol. The lowest BCUT2D eigenvalue weighted by Crippen LogP contribution is -1.71. The molecule has 0 amide bonds. The molecule has 0 spiro atoms. The van der Waals surface area contributed by atoms with E-state index >= 15 is 0 Å². The Morgan fingerprint density at radius 3 is 2.17 bits per heavy atom. The second kappa shape index (κ2) is 10.5. The fourth-order valence-corrected chi connectivity index (χ4v) is 1.11. The molecule has 0 heteroatoms. The van der Waals surface area contributed by atoms with Gasteiger partial charge in [-0.15, -0.1) is 0 Å². The lowest BCUT2D eigenvalue weighted by molar-refractivity contribution is 0.728. The van der Waals surface area contributed by atoms with Crippen molar-refractivity contribution in [2.45, 2.75) is 52.4 Å². The lowest BCUT2D eigenvalue weighted by Gasteiger charge is -1.91. The van der Waals surface area contributed by atoms with Crippen LogP contribution in [0.15, 0.2) is 24.3 Å². The average molecular weight is 166 g/mol. The molecule has 0 rings (SSSR count). The molecular formula is C12H22. The van der Waals surface area contributed by atoms with Crippen molar-refractivity contribution in [3.05, 3.63) is 24.3 Å². The molecule has 0 atom stereocenters. The molecule has 0 heterocycles. The molecule has 70 valence electrons. The largest absolute Gasteiger partial charge is 0.0917 e. The summed E-state index contributed by atoms with van der Waals surface area (Å²) >= 11 is 0. The van der Waals surface area contributed by atoms with Crippen LogP contribution in [0.3, 0.4) is 0 Å². The minimum absolute atomic E-state index is 1.20. The smallest absolute Gasteiger partial charge is 0.0316 e. The highest BCUT2D eigenvalue weighted by atomic mass is 13.9. The van der Waals surface area contributed by atoms with Crippen LogP contribution in [0, 0.1) is 0 Å². The molecule has 0 aliphatic carbocycles. The van der Waals surface area contributed by atoms with Crippen LogP contribution in [-0.4, -0.2) is 0 Å². The van der Waals surface area contributed by atoms with E-state index in [4.69, 9.17) is 0 Å². The zero-order chi connectivity index (χ0) is 9.07. The molecule has 0 N–H and O–H groups in total. The van der Waals surface area contributed by atoms with E-state index in [-0.39, 0.29) is 0 Å². The number of allylic oxidation sites excluding steroid dienone is 4. The Bertz CT molecular complexity index is 120. The molecule has 0 aliphatic heterocycles.